The molecule has 2 rings (SSSR count). The predicted molar refractivity (Wildman–Crippen MR) is 71.3 cm³/mol. The predicted octanol–water partition coefficient (Wildman–Crippen LogP) is 3.64. The Labute approximate surface area is 107 Å². The lowest BCUT2D eigenvalue weighted by atomic mass is 9.86. The second-order valence-corrected chi connectivity index (χ2v) is 6.46. The summed E-state index contributed by atoms with van der Waals surface area (Å²) < 4.78 is 0. The molecule has 1 saturated carbocycles. The molecule has 0 aromatic carbocycles. The number of ketones is 1. The average Bonchev–Trinajstić information content (AvgIpc) is 2.68. The fourth-order valence-corrected chi connectivity index (χ4v) is 3.33. The normalized spacial score (nSPS) is 17.9. The molecule has 0 amide bonds. The van der Waals surface area contributed by atoms with Gasteiger partial charge >= 0.3 is 0 Å². The lowest BCUT2D eigenvalue weighted by Gasteiger charge is -2.19. The standard InChI is InChI=1S/C14H21NOS/c1-10(2)7-12-9-17-14(15-12)8-11-3-5-13(16)6-4-11/h9-11H,3-8H2,1-2H3. The molecule has 0 N–H and O–H groups in total. The first-order valence-electron chi connectivity index (χ1n) is 6.58. The van der Waals surface area contributed by atoms with Gasteiger partial charge in [0.2, 0.25) is 0 Å². The molecule has 1 aromatic rings. The molecule has 17 heavy (non-hydrogen) atoms. The highest BCUT2D eigenvalue weighted by atomic mass is 32.1. The molecule has 94 valence electrons. The van der Waals surface area contributed by atoms with Crippen molar-refractivity contribution < 1.29 is 4.79 Å². The quantitative estimate of drug-likeness (QED) is 0.817. The molecule has 1 aliphatic rings. The first-order valence-corrected chi connectivity index (χ1v) is 7.46. The van der Waals surface area contributed by atoms with Crippen LogP contribution in [0.15, 0.2) is 5.38 Å². The maximum absolute atomic E-state index is 11.2. The van der Waals surface area contributed by atoms with Crippen molar-refractivity contribution in [2.45, 2.75) is 52.4 Å². The highest BCUT2D eigenvalue weighted by Crippen LogP contribution is 2.26. The Balaban J connectivity index is 1.86. The van der Waals surface area contributed by atoms with E-state index in [0.717, 1.165) is 38.5 Å². The Bertz CT molecular complexity index is 373. The Hall–Kier alpha value is -0.700. The molecule has 2 nitrogen and oxygen atoms in total. The Morgan fingerprint density at radius 1 is 1.41 bits per heavy atom. The summed E-state index contributed by atoms with van der Waals surface area (Å²) in [5.74, 6) is 1.81. The molecule has 0 atom stereocenters. The van der Waals surface area contributed by atoms with Crippen LogP contribution in [0.4, 0.5) is 0 Å². The molecule has 0 radical (unpaired) electrons. The van der Waals surface area contributed by atoms with E-state index in [1.807, 2.05) is 0 Å². The van der Waals surface area contributed by atoms with Gasteiger partial charge in [0.1, 0.15) is 5.78 Å². The van der Waals surface area contributed by atoms with Gasteiger partial charge in [-0.2, -0.15) is 0 Å². The molecule has 0 saturated heterocycles. The van der Waals surface area contributed by atoms with Crippen molar-refractivity contribution in [2.75, 3.05) is 0 Å². The summed E-state index contributed by atoms with van der Waals surface area (Å²) in [4.78, 5) is 15.9. The first-order chi connectivity index (χ1) is 8.13. The number of aromatic nitrogens is 1. The number of rotatable bonds is 4. The first kappa shape index (κ1) is 12.7. The van der Waals surface area contributed by atoms with Crippen molar-refractivity contribution in [1.29, 1.82) is 0 Å². The van der Waals surface area contributed by atoms with E-state index in [-0.39, 0.29) is 0 Å². The van der Waals surface area contributed by atoms with E-state index in [9.17, 15) is 4.79 Å². The summed E-state index contributed by atoms with van der Waals surface area (Å²) in [5, 5.41) is 3.46. The van der Waals surface area contributed by atoms with Gasteiger partial charge < -0.3 is 0 Å². The van der Waals surface area contributed by atoms with Crippen molar-refractivity contribution in [3.05, 3.63) is 16.1 Å². The van der Waals surface area contributed by atoms with Gasteiger partial charge in [-0.3, -0.25) is 4.79 Å². The smallest absolute Gasteiger partial charge is 0.132 e. The zero-order valence-corrected chi connectivity index (χ0v) is 11.6. The van der Waals surface area contributed by atoms with Crippen LogP contribution in [0.25, 0.3) is 0 Å². The average molecular weight is 251 g/mol. The van der Waals surface area contributed by atoms with E-state index in [2.05, 4.69) is 19.2 Å². The van der Waals surface area contributed by atoms with E-state index in [1.165, 1.54) is 10.7 Å². The van der Waals surface area contributed by atoms with E-state index in [0.29, 0.717) is 17.6 Å². The Morgan fingerprint density at radius 3 is 2.76 bits per heavy atom. The second kappa shape index (κ2) is 5.76. The van der Waals surface area contributed by atoms with E-state index in [1.54, 1.807) is 11.3 Å². The van der Waals surface area contributed by atoms with Crippen LogP contribution in [0, 0.1) is 11.8 Å². The monoisotopic (exact) mass is 251 g/mol. The zero-order valence-electron chi connectivity index (χ0n) is 10.7. The highest BCUT2D eigenvalue weighted by Gasteiger charge is 2.20. The van der Waals surface area contributed by atoms with Gasteiger partial charge in [0.05, 0.1) is 10.7 Å². The lowest BCUT2D eigenvalue weighted by molar-refractivity contribution is -0.121. The number of nitrogens with zero attached hydrogens (tertiary/aromatic N) is 1. The van der Waals surface area contributed by atoms with Crippen LogP contribution in [-0.2, 0) is 17.6 Å². The molecule has 1 aromatic heterocycles. The SMILES string of the molecule is CC(C)Cc1csc(CC2CCC(=O)CC2)n1. The molecule has 1 fully saturated rings. The van der Waals surface area contributed by atoms with Crippen molar-refractivity contribution in [3.8, 4) is 0 Å². The molecule has 1 aliphatic carbocycles. The van der Waals surface area contributed by atoms with Crippen LogP contribution < -0.4 is 0 Å². The summed E-state index contributed by atoms with van der Waals surface area (Å²) in [6.45, 7) is 4.46. The van der Waals surface area contributed by atoms with E-state index < -0.39 is 0 Å². The number of Topliss-reactive ketones (excluding diaryl/α,β-unsaturated/α-hetero) is 1. The van der Waals surface area contributed by atoms with Gasteiger partial charge in [0, 0.05) is 24.6 Å². The van der Waals surface area contributed by atoms with Crippen molar-refractivity contribution in [3.63, 3.8) is 0 Å². The van der Waals surface area contributed by atoms with Gasteiger partial charge in [-0.1, -0.05) is 13.8 Å². The summed E-state index contributed by atoms with van der Waals surface area (Å²) in [7, 11) is 0. The molecule has 0 spiro atoms. The summed E-state index contributed by atoms with van der Waals surface area (Å²) in [6.07, 6.45) is 5.87. The van der Waals surface area contributed by atoms with Crippen molar-refractivity contribution >= 4 is 17.1 Å². The van der Waals surface area contributed by atoms with Crippen LogP contribution in [0.3, 0.4) is 0 Å². The Kier molecular flexibility index (Phi) is 4.32. The third-order valence-corrected chi connectivity index (χ3v) is 4.26. The van der Waals surface area contributed by atoms with E-state index >= 15 is 0 Å². The Morgan fingerprint density at radius 2 is 2.12 bits per heavy atom. The minimum Gasteiger partial charge on any atom is -0.300 e. The van der Waals surface area contributed by atoms with E-state index in [4.69, 9.17) is 4.98 Å². The van der Waals surface area contributed by atoms with Gasteiger partial charge in [0.15, 0.2) is 0 Å². The maximum Gasteiger partial charge on any atom is 0.132 e. The molecular weight excluding hydrogens is 230 g/mol. The molecule has 3 heteroatoms. The molecule has 1 heterocycles. The summed E-state index contributed by atoms with van der Waals surface area (Å²) >= 11 is 1.79. The molecule has 0 unspecified atom stereocenters. The van der Waals surface area contributed by atoms with Gasteiger partial charge in [0.25, 0.3) is 0 Å². The third-order valence-electron chi connectivity index (χ3n) is 3.34. The maximum atomic E-state index is 11.2. The molecule has 0 aliphatic heterocycles. The number of hydrogen-bond donors (Lipinski definition) is 0. The highest BCUT2D eigenvalue weighted by molar-refractivity contribution is 7.09. The topological polar surface area (TPSA) is 30.0 Å². The van der Waals surface area contributed by atoms with Gasteiger partial charge in [-0.05, 0) is 31.1 Å². The fraction of sp³-hybridized carbons (Fsp3) is 0.714. The van der Waals surface area contributed by atoms with Crippen LogP contribution in [0.2, 0.25) is 0 Å². The van der Waals surface area contributed by atoms with Crippen molar-refractivity contribution in [1.82, 2.24) is 4.98 Å². The van der Waals surface area contributed by atoms with Gasteiger partial charge in [-0.25, -0.2) is 4.98 Å². The number of carbonyl (C=O) groups excluding carboxylic acids is 1. The number of hydrogen-bond acceptors (Lipinski definition) is 3. The second-order valence-electron chi connectivity index (χ2n) is 5.52. The minimum absolute atomic E-state index is 0.445. The van der Waals surface area contributed by atoms with Gasteiger partial charge in [-0.15, -0.1) is 11.3 Å². The third kappa shape index (κ3) is 3.91. The van der Waals surface area contributed by atoms with Crippen molar-refractivity contribution in [2.24, 2.45) is 11.8 Å². The number of carbonyl (C=O) groups is 1. The molecular formula is C14H21NOS. The largest absolute Gasteiger partial charge is 0.300 e. The van der Waals surface area contributed by atoms with Crippen LogP contribution in [0.1, 0.15) is 50.2 Å². The lowest BCUT2D eigenvalue weighted by Crippen LogP contribution is -2.15. The fourth-order valence-electron chi connectivity index (χ4n) is 2.41. The van der Waals surface area contributed by atoms with Crippen LogP contribution in [0.5, 0.6) is 0 Å². The summed E-state index contributed by atoms with van der Waals surface area (Å²) in [6, 6.07) is 0. The summed E-state index contributed by atoms with van der Waals surface area (Å²) in [5.41, 5.74) is 1.24. The zero-order chi connectivity index (χ0) is 12.3. The number of thiazole rings is 1. The molecule has 0 bridgehead atoms. The minimum atomic E-state index is 0.445. The van der Waals surface area contributed by atoms with Crippen LogP contribution >= 0.6 is 11.3 Å². The van der Waals surface area contributed by atoms with Crippen LogP contribution in [-0.4, -0.2) is 10.8 Å².